The van der Waals surface area contributed by atoms with E-state index in [1.807, 2.05) is 11.3 Å². The number of rotatable bonds is 5. The molecular formula is C15H23NS. The van der Waals surface area contributed by atoms with Gasteiger partial charge in [-0.1, -0.05) is 0 Å². The van der Waals surface area contributed by atoms with E-state index in [9.17, 15) is 0 Å². The van der Waals surface area contributed by atoms with Crippen molar-refractivity contribution in [3.63, 3.8) is 0 Å². The molecule has 1 atom stereocenters. The second-order valence-electron chi connectivity index (χ2n) is 6.11. The molecule has 2 saturated carbocycles. The van der Waals surface area contributed by atoms with E-state index in [0.717, 1.165) is 5.92 Å². The van der Waals surface area contributed by atoms with Gasteiger partial charge in [-0.25, -0.2) is 0 Å². The molecule has 2 fully saturated rings. The molecule has 3 rings (SSSR count). The van der Waals surface area contributed by atoms with Gasteiger partial charge in [0, 0.05) is 22.3 Å². The molecule has 0 aromatic carbocycles. The third-order valence-electron chi connectivity index (χ3n) is 4.64. The Balaban J connectivity index is 1.60. The Labute approximate surface area is 109 Å². The van der Waals surface area contributed by atoms with Crippen molar-refractivity contribution in [2.45, 2.75) is 52.5 Å². The first-order chi connectivity index (χ1) is 8.11. The molecule has 2 aliphatic carbocycles. The second-order valence-corrected chi connectivity index (χ2v) is 7.57. The Morgan fingerprint density at radius 3 is 2.59 bits per heavy atom. The fraction of sp³-hybridized carbons (Fsp3) is 0.733. The Kier molecular flexibility index (Phi) is 2.83. The summed E-state index contributed by atoms with van der Waals surface area (Å²) in [6, 6.07) is 2.88. The maximum Gasteiger partial charge on any atom is 0.0303 e. The van der Waals surface area contributed by atoms with Gasteiger partial charge in [0.25, 0.3) is 0 Å². The van der Waals surface area contributed by atoms with E-state index >= 15 is 0 Å². The molecular weight excluding hydrogens is 226 g/mol. The summed E-state index contributed by atoms with van der Waals surface area (Å²) in [5.74, 6) is 1.06. The average Bonchev–Trinajstić information content (AvgIpc) is 3.13. The van der Waals surface area contributed by atoms with Crippen molar-refractivity contribution in [1.29, 1.82) is 0 Å². The van der Waals surface area contributed by atoms with Gasteiger partial charge in [0.15, 0.2) is 0 Å². The highest BCUT2D eigenvalue weighted by molar-refractivity contribution is 7.12. The van der Waals surface area contributed by atoms with Gasteiger partial charge in [-0.2, -0.15) is 0 Å². The predicted octanol–water partition coefficient (Wildman–Crippen LogP) is 4.21. The highest BCUT2D eigenvalue weighted by atomic mass is 32.1. The van der Waals surface area contributed by atoms with Crippen LogP contribution in [0.4, 0.5) is 0 Å². The van der Waals surface area contributed by atoms with Gasteiger partial charge < -0.3 is 5.32 Å². The van der Waals surface area contributed by atoms with Gasteiger partial charge in [0.05, 0.1) is 0 Å². The van der Waals surface area contributed by atoms with Crippen LogP contribution < -0.4 is 5.32 Å². The van der Waals surface area contributed by atoms with Gasteiger partial charge in [-0.3, -0.25) is 0 Å². The summed E-state index contributed by atoms with van der Waals surface area (Å²) in [6.45, 7) is 8.02. The standard InChI is InChI=1S/C15H23NS/c1-10-8-14(12(3)17-10)11(2)16-9-15(6-7-15)13-4-5-13/h8,11,13,16H,4-7,9H2,1-3H3. The third-order valence-corrected chi connectivity index (χ3v) is 5.62. The maximum atomic E-state index is 3.78. The van der Waals surface area contributed by atoms with E-state index in [2.05, 4.69) is 32.2 Å². The lowest BCUT2D eigenvalue weighted by molar-refractivity contribution is 0.382. The molecule has 0 spiro atoms. The van der Waals surface area contributed by atoms with Crippen molar-refractivity contribution in [2.24, 2.45) is 11.3 Å². The van der Waals surface area contributed by atoms with Crippen LogP contribution in [-0.4, -0.2) is 6.54 Å². The Hall–Kier alpha value is -0.340. The normalized spacial score (nSPS) is 23.7. The molecule has 1 nitrogen and oxygen atoms in total. The number of hydrogen-bond acceptors (Lipinski definition) is 2. The van der Waals surface area contributed by atoms with Crippen LogP contribution >= 0.6 is 11.3 Å². The summed E-state index contributed by atoms with van der Waals surface area (Å²) >= 11 is 1.93. The summed E-state index contributed by atoms with van der Waals surface area (Å²) in [4.78, 5) is 2.92. The van der Waals surface area contributed by atoms with Gasteiger partial charge in [0.2, 0.25) is 0 Å². The zero-order valence-electron chi connectivity index (χ0n) is 11.2. The maximum absolute atomic E-state index is 3.78. The van der Waals surface area contributed by atoms with Crippen molar-refractivity contribution in [3.8, 4) is 0 Å². The summed E-state index contributed by atoms with van der Waals surface area (Å²) in [7, 11) is 0. The van der Waals surface area contributed by atoms with Crippen molar-refractivity contribution in [3.05, 3.63) is 21.4 Å². The molecule has 0 amide bonds. The van der Waals surface area contributed by atoms with E-state index in [0.29, 0.717) is 11.5 Å². The molecule has 0 radical (unpaired) electrons. The lowest BCUT2D eigenvalue weighted by atomic mass is 9.99. The number of nitrogens with one attached hydrogen (secondary N) is 1. The minimum absolute atomic E-state index is 0.524. The molecule has 1 N–H and O–H groups in total. The lowest BCUT2D eigenvalue weighted by Gasteiger charge is -2.20. The van der Waals surface area contributed by atoms with E-state index in [1.54, 1.807) is 0 Å². The van der Waals surface area contributed by atoms with Gasteiger partial charge in [0.1, 0.15) is 0 Å². The van der Waals surface area contributed by atoms with Crippen LogP contribution in [-0.2, 0) is 0 Å². The number of thiophene rings is 1. The molecule has 0 saturated heterocycles. The van der Waals surface area contributed by atoms with Crippen LogP contribution in [0.5, 0.6) is 0 Å². The monoisotopic (exact) mass is 249 g/mol. The van der Waals surface area contributed by atoms with Gasteiger partial charge in [-0.05, 0) is 69.4 Å². The van der Waals surface area contributed by atoms with Crippen LogP contribution in [0.15, 0.2) is 6.07 Å². The average molecular weight is 249 g/mol. The molecule has 2 aliphatic rings. The SMILES string of the molecule is Cc1cc(C(C)NCC2(C3CC3)CC2)c(C)s1. The van der Waals surface area contributed by atoms with Crippen LogP contribution in [0.2, 0.25) is 0 Å². The lowest BCUT2D eigenvalue weighted by Crippen LogP contribution is -2.28. The summed E-state index contributed by atoms with van der Waals surface area (Å²) in [5, 5.41) is 3.78. The molecule has 1 unspecified atom stereocenters. The topological polar surface area (TPSA) is 12.0 Å². The molecule has 1 heterocycles. The first-order valence-electron chi connectivity index (χ1n) is 6.91. The van der Waals surface area contributed by atoms with Crippen molar-refractivity contribution >= 4 is 11.3 Å². The molecule has 17 heavy (non-hydrogen) atoms. The Morgan fingerprint density at radius 1 is 1.41 bits per heavy atom. The zero-order chi connectivity index (χ0) is 12.0. The third kappa shape index (κ3) is 2.30. The molecule has 94 valence electrons. The summed E-state index contributed by atoms with van der Waals surface area (Å²) in [6.07, 6.45) is 5.93. The van der Waals surface area contributed by atoms with Crippen molar-refractivity contribution < 1.29 is 0 Å². The predicted molar refractivity (Wildman–Crippen MR) is 74.6 cm³/mol. The fourth-order valence-corrected chi connectivity index (χ4v) is 4.15. The van der Waals surface area contributed by atoms with Gasteiger partial charge >= 0.3 is 0 Å². The second kappa shape index (κ2) is 4.10. The van der Waals surface area contributed by atoms with E-state index < -0.39 is 0 Å². The van der Waals surface area contributed by atoms with E-state index in [1.165, 1.54) is 47.5 Å². The number of hydrogen-bond donors (Lipinski definition) is 1. The molecule has 0 bridgehead atoms. The number of aryl methyl sites for hydroxylation is 2. The molecule has 2 heteroatoms. The first kappa shape index (κ1) is 11.7. The Morgan fingerprint density at radius 2 is 2.12 bits per heavy atom. The fourth-order valence-electron chi connectivity index (χ4n) is 3.13. The molecule has 0 aliphatic heterocycles. The highest BCUT2D eigenvalue weighted by Gasteiger charge is 2.53. The van der Waals surface area contributed by atoms with Crippen LogP contribution in [0.25, 0.3) is 0 Å². The van der Waals surface area contributed by atoms with Crippen molar-refractivity contribution in [1.82, 2.24) is 5.32 Å². The summed E-state index contributed by atoms with van der Waals surface area (Å²) in [5.41, 5.74) is 2.23. The van der Waals surface area contributed by atoms with E-state index in [-0.39, 0.29) is 0 Å². The quantitative estimate of drug-likeness (QED) is 0.824. The van der Waals surface area contributed by atoms with Crippen LogP contribution in [0, 0.1) is 25.2 Å². The minimum Gasteiger partial charge on any atom is -0.310 e. The summed E-state index contributed by atoms with van der Waals surface area (Å²) < 4.78 is 0. The first-order valence-corrected chi connectivity index (χ1v) is 7.73. The minimum atomic E-state index is 0.524. The zero-order valence-corrected chi connectivity index (χ0v) is 12.0. The van der Waals surface area contributed by atoms with Crippen molar-refractivity contribution in [2.75, 3.05) is 6.54 Å². The molecule has 1 aromatic rings. The van der Waals surface area contributed by atoms with Crippen LogP contribution in [0.1, 0.15) is 54.0 Å². The largest absolute Gasteiger partial charge is 0.310 e. The smallest absolute Gasteiger partial charge is 0.0303 e. The highest BCUT2D eigenvalue weighted by Crippen LogP contribution is 2.61. The molecule has 1 aromatic heterocycles. The van der Waals surface area contributed by atoms with Crippen LogP contribution in [0.3, 0.4) is 0 Å². The van der Waals surface area contributed by atoms with E-state index in [4.69, 9.17) is 0 Å². The Bertz CT molecular complexity index is 413. The van der Waals surface area contributed by atoms with Gasteiger partial charge in [-0.15, -0.1) is 11.3 Å².